The van der Waals surface area contributed by atoms with Gasteiger partial charge in [0.05, 0.1) is 6.54 Å². The van der Waals surface area contributed by atoms with E-state index >= 15 is 0 Å². The predicted octanol–water partition coefficient (Wildman–Crippen LogP) is -0.223. The smallest absolute Gasteiger partial charge is 0.276 e. The van der Waals surface area contributed by atoms with Gasteiger partial charge in [-0.25, -0.2) is 5.14 Å². The molecule has 0 aliphatic carbocycles. The molecule has 0 aromatic heterocycles. The summed E-state index contributed by atoms with van der Waals surface area (Å²) in [5.41, 5.74) is 0.930. The van der Waals surface area contributed by atoms with Gasteiger partial charge in [-0.15, -0.1) is 0 Å². The van der Waals surface area contributed by atoms with E-state index in [1.807, 2.05) is 17.0 Å². The first-order chi connectivity index (χ1) is 10.3. The first-order valence-corrected chi connectivity index (χ1v) is 8.74. The molecule has 122 valence electrons. The van der Waals surface area contributed by atoms with Crippen LogP contribution in [0.15, 0.2) is 24.3 Å². The van der Waals surface area contributed by atoms with Gasteiger partial charge >= 0.3 is 0 Å². The summed E-state index contributed by atoms with van der Waals surface area (Å²) in [6, 6.07) is 7.29. The van der Waals surface area contributed by atoms with Gasteiger partial charge < -0.3 is 5.32 Å². The lowest BCUT2D eigenvalue weighted by atomic mass is 10.2. The number of nitrogens with zero attached hydrogens (tertiary/aromatic N) is 2. The van der Waals surface area contributed by atoms with Crippen molar-refractivity contribution in [3.8, 4) is 0 Å². The Kier molecular flexibility index (Phi) is 5.76. The number of hydrogen-bond acceptors (Lipinski definition) is 4. The van der Waals surface area contributed by atoms with Crippen LogP contribution < -0.4 is 10.5 Å². The van der Waals surface area contributed by atoms with Gasteiger partial charge in [-0.2, -0.15) is 12.7 Å². The summed E-state index contributed by atoms with van der Waals surface area (Å²) < 4.78 is 23.6. The van der Waals surface area contributed by atoms with Crippen LogP contribution in [0.25, 0.3) is 0 Å². The SMILES string of the molecule is NS(=O)(=O)N1CCN(CC(=O)NCc2cccc(Cl)c2)CC1. The van der Waals surface area contributed by atoms with Crippen molar-refractivity contribution < 1.29 is 13.2 Å². The summed E-state index contributed by atoms with van der Waals surface area (Å²) in [6.07, 6.45) is 0. The Morgan fingerprint density at radius 3 is 2.55 bits per heavy atom. The molecular formula is C13H19ClN4O3S. The molecule has 0 bridgehead atoms. The second-order valence-electron chi connectivity index (χ2n) is 5.13. The van der Waals surface area contributed by atoms with Crippen LogP contribution in [-0.4, -0.2) is 56.3 Å². The third kappa shape index (κ3) is 5.22. The van der Waals surface area contributed by atoms with E-state index < -0.39 is 10.2 Å². The Morgan fingerprint density at radius 1 is 1.27 bits per heavy atom. The first-order valence-electron chi connectivity index (χ1n) is 6.86. The maximum Gasteiger partial charge on any atom is 0.276 e. The number of amides is 1. The number of rotatable bonds is 5. The molecule has 0 radical (unpaired) electrons. The Balaban J connectivity index is 1.74. The molecule has 1 aromatic carbocycles. The Morgan fingerprint density at radius 2 is 1.95 bits per heavy atom. The maximum atomic E-state index is 11.9. The third-order valence-corrected chi connectivity index (χ3v) is 4.76. The van der Waals surface area contributed by atoms with Crippen LogP contribution in [-0.2, 0) is 21.5 Å². The lowest BCUT2D eigenvalue weighted by molar-refractivity contribution is -0.122. The van der Waals surface area contributed by atoms with Crippen molar-refractivity contribution in [1.82, 2.24) is 14.5 Å². The number of halogens is 1. The zero-order valence-electron chi connectivity index (χ0n) is 12.0. The second-order valence-corrected chi connectivity index (χ2v) is 7.11. The van der Waals surface area contributed by atoms with Gasteiger partial charge in [-0.3, -0.25) is 9.69 Å². The number of hydrogen-bond donors (Lipinski definition) is 2. The molecule has 1 heterocycles. The molecular weight excluding hydrogens is 328 g/mol. The van der Waals surface area contributed by atoms with Crippen molar-refractivity contribution in [2.45, 2.75) is 6.54 Å². The number of carbonyl (C=O) groups is 1. The highest BCUT2D eigenvalue weighted by Crippen LogP contribution is 2.10. The van der Waals surface area contributed by atoms with Gasteiger partial charge in [0.25, 0.3) is 10.2 Å². The molecule has 7 nitrogen and oxygen atoms in total. The van der Waals surface area contributed by atoms with E-state index in [0.717, 1.165) is 5.56 Å². The van der Waals surface area contributed by atoms with Gasteiger partial charge in [0.15, 0.2) is 0 Å². The number of nitrogens with two attached hydrogens (primary N) is 1. The zero-order valence-corrected chi connectivity index (χ0v) is 13.6. The molecule has 1 fully saturated rings. The fourth-order valence-electron chi connectivity index (χ4n) is 2.25. The summed E-state index contributed by atoms with van der Waals surface area (Å²) >= 11 is 5.88. The Bertz CT molecular complexity index is 630. The van der Waals surface area contributed by atoms with Crippen LogP contribution >= 0.6 is 11.6 Å². The fraction of sp³-hybridized carbons (Fsp3) is 0.462. The Hall–Kier alpha value is -1.19. The summed E-state index contributed by atoms with van der Waals surface area (Å²) in [5.74, 6) is -0.107. The second kappa shape index (κ2) is 7.38. The maximum absolute atomic E-state index is 11.9. The van der Waals surface area contributed by atoms with E-state index in [1.165, 1.54) is 4.31 Å². The summed E-state index contributed by atoms with van der Waals surface area (Å²) in [5, 5.41) is 8.52. The van der Waals surface area contributed by atoms with Gasteiger partial charge in [-0.05, 0) is 17.7 Å². The monoisotopic (exact) mass is 346 g/mol. The van der Waals surface area contributed by atoms with Crippen molar-refractivity contribution in [2.75, 3.05) is 32.7 Å². The summed E-state index contributed by atoms with van der Waals surface area (Å²) in [7, 11) is -3.63. The molecule has 1 aliphatic heterocycles. The molecule has 0 saturated carbocycles. The van der Waals surface area contributed by atoms with E-state index in [2.05, 4.69) is 5.32 Å². The topological polar surface area (TPSA) is 95.7 Å². The summed E-state index contributed by atoms with van der Waals surface area (Å²) in [4.78, 5) is 13.8. The van der Waals surface area contributed by atoms with Crippen molar-refractivity contribution in [3.05, 3.63) is 34.9 Å². The average Bonchev–Trinajstić information content (AvgIpc) is 2.45. The van der Waals surface area contributed by atoms with Crippen LogP contribution in [0.2, 0.25) is 5.02 Å². The fourth-order valence-corrected chi connectivity index (χ4v) is 3.13. The van der Waals surface area contributed by atoms with Gasteiger partial charge in [0.2, 0.25) is 5.91 Å². The van der Waals surface area contributed by atoms with Crippen molar-refractivity contribution in [3.63, 3.8) is 0 Å². The van der Waals surface area contributed by atoms with Gasteiger partial charge in [0.1, 0.15) is 0 Å². The molecule has 3 N–H and O–H groups in total. The van der Waals surface area contributed by atoms with E-state index in [9.17, 15) is 13.2 Å². The van der Waals surface area contributed by atoms with E-state index in [0.29, 0.717) is 37.7 Å². The van der Waals surface area contributed by atoms with Crippen molar-refractivity contribution in [2.24, 2.45) is 5.14 Å². The van der Waals surface area contributed by atoms with Crippen LogP contribution in [0.3, 0.4) is 0 Å². The van der Waals surface area contributed by atoms with Crippen LogP contribution in [0.5, 0.6) is 0 Å². The molecule has 0 spiro atoms. The van der Waals surface area contributed by atoms with Crippen LogP contribution in [0.1, 0.15) is 5.56 Å². The summed E-state index contributed by atoms with van der Waals surface area (Å²) in [6.45, 7) is 2.23. The lowest BCUT2D eigenvalue weighted by Crippen LogP contribution is -2.52. The first kappa shape index (κ1) is 17.2. The number of benzene rings is 1. The van der Waals surface area contributed by atoms with E-state index in [-0.39, 0.29) is 12.5 Å². The highest BCUT2D eigenvalue weighted by Gasteiger charge is 2.24. The largest absolute Gasteiger partial charge is 0.351 e. The van der Waals surface area contributed by atoms with E-state index in [4.69, 9.17) is 16.7 Å². The molecule has 2 rings (SSSR count). The van der Waals surface area contributed by atoms with Crippen LogP contribution in [0.4, 0.5) is 0 Å². The quantitative estimate of drug-likeness (QED) is 0.770. The Labute approximate surface area is 135 Å². The van der Waals surface area contributed by atoms with Crippen molar-refractivity contribution in [1.29, 1.82) is 0 Å². The van der Waals surface area contributed by atoms with Gasteiger partial charge in [0, 0.05) is 37.7 Å². The van der Waals surface area contributed by atoms with Gasteiger partial charge in [-0.1, -0.05) is 23.7 Å². The minimum atomic E-state index is -3.63. The molecule has 9 heteroatoms. The van der Waals surface area contributed by atoms with Crippen molar-refractivity contribution >= 4 is 27.7 Å². The molecule has 1 amide bonds. The molecule has 1 aromatic rings. The number of piperazine rings is 1. The number of carbonyl (C=O) groups excluding carboxylic acids is 1. The predicted molar refractivity (Wildman–Crippen MR) is 84.4 cm³/mol. The minimum Gasteiger partial charge on any atom is -0.351 e. The standard InChI is InChI=1S/C13H19ClN4O3S/c14-12-3-1-2-11(8-12)9-16-13(19)10-17-4-6-18(7-5-17)22(15,20)21/h1-3,8H,4-7,9-10H2,(H,16,19)(H2,15,20,21). The third-order valence-electron chi connectivity index (χ3n) is 3.44. The van der Waals surface area contributed by atoms with Crippen LogP contribution in [0, 0.1) is 0 Å². The highest BCUT2D eigenvalue weighted by atomic mass is 35.5. The molecule has 1 saturated heterocycles. The molecule has 1 aliphatic rings. The highest BCUT2D eigenvalue weighted by molar-refractivity contribution is 7.86. The molecule has 22 heavy (non-hydrogen) atoms. The zero-order chi connectivity index (χ0) is 16.2. The minimum absolute atomic E-state index is 0.107. The normalized spacial score (nSPS) is 17.4. The number of nitrogens with one attached hydrogen (secondary N) is 1. The lowest BCUT2D eigenvalue weighted by Gasteiger charge is -2.32. The average molecular weight is 347 g/mol. The molecule has 0 atom stereocenters. The molecule has 0 unspecified atom stereocenters. The van der Waals surface area contributed by atoms with E-state index in [1.54, 1.807) is 12.1 Å².